The summed E-state index contributed by atoms with van der Waals surface area (Å²) < 4.78 is 6.24. The minimum atomic E-state index is -0.631. The first kappa shape index (κ1) is 22.5. The summed E-state index contributed by atoms with van der Waals surface area (Å²) in [5.41, 5.74) is 2.89. The van der Waals surface area contributed by atoms with Crippen LogP contribution in [0.2, 0.25) is 0 Å². The smallest absolute Gasteiger partial charge is 0.255 e. The van der Waals surface area contributed by atoms with E-state index >= 15 is 0 Å². The van der Waals surface area contributed by atoms with Gasteiger partial charge in [-0.1, -0.05) is 18.2 Å². The van der Waals surface area contributed by atoms with E-state index in [0.717, 1.165) is 35.0 Å². The predicted octanol–water partition coefficient (Wildman–Crippen LogP) is 1.94. The van der Waals surface area contributed by atoms with Gasteiger partial charge in [0.25, 0.3) is 11.5 Å². The van der Waals surface area contributed by atoms with Crippen LogP contribution in [0.5, 0.6) is 5.75 Å². The average molecular weight is 487 g/mol. The van der Waals surface area contributed by atoms with Gasteiger partial charge in [0.1, 0.15) is 17.9 Å². The molecule has 36 heavy (non-hydrogen) atoms. The van der Waals surface area contributed by atoms with Crippen LogP contribution in [0.25, 0.3) is 10.9 Å². The SMILES string of the molecule is O=C1CCC(N2Cc3cc(O[C@H]4CCN(Cc5cc6ccccc6[nH]c5=O)C4)ccc3C2=O)C(=O)N1. The van der Waals surface area contributed by atoms with Crippen LogP contribution < -0.4 is 15.6 Å². The first-order chi connectivity index (χ1) is 17.4. The number of hydrogen-bond donors (Lipinski definition) is 2. The highest BCUT2D eigenvalue weighted by molar-refractivity contribution is 6.05. The first-order valence-electron chi connectivity index (χ1n) is 12.2. The molecule has 3 aliphatic rings. The van der Waals surface area contributed by atoms with E-state index in [-0.39, 0.29) is 29.9 Å². The van der Waals surface area contributed by atoms with Crippen molar-refractivity contribution in [3.05, 3.63) is 75.6 Å². The molecule has 3 amide bonds. The summed E-state index contributed by atoms with van der Waals surface area (Å²) in [7, 11) is 0. The summed E-state index contributed by atoms with van der Waals surface area (Å²) in [4.78, 5) is 55.8. The number of amides is 3. The molecule has 2 saturated heterocycles. The number of benzene rings is 2. The van der Waals surface area contributed by atoms with Crippen LogP contribution >= 0.6 is 0 Å². The van der Waals surface area contributed by atoms with Crippen LogP contribution in [0.3, 0.4) is 0 Å². The molecule has 3 aliphatic heterocycles. The van der Waals surface area contributed by atoms with Crippen molar-refractivity contribution in [1.82, 2.24) is 20.1 Å². The van der Waals surface area contributed by atoms with E-state index in [1.807, 2.05) is 36.4 Å². The van der Waals surface area contributed by atoms with E-state index in [0.29, 0.717) is 37.4 Å². The zero-order chi connectivity index (χ0) is 24.8. The van der Waals surface area contributed by atoms with Crippen molar-refractivity contribution in [3.63, 3.8) is 0 Å². The first-order valence-corrected chi connectivity index (χ1v) is 12.2. The maximum atomic E-state index is 12.9. The predicted molar refractivity (Wildman–Crippen MR) is 131 cm³/mol. The fourth-order valence-corrected chi connectivity index (χ4v) is 5.40. The van der Waals surface area contributed by atoms with Gasteiger partial charge in [0, 0.05) is 49.2 Å². The largest absolute Gasteiger partial charge is 0.489 e. The third-order valence-corrected chi connectivity index (χ3v) is 7.25. The van der Waals surface area contributed by atoms with Gasteiger partial charge in [0.05, 0.1) is 0 Å². The third-order valence-electron chi connectivity index (χ3n) is 7.25. The molecule has 1 unspecified atom stereocenters. The Balaban J connectivity index is 1.10. The maximum absolute atomic E-state index is 12.9. The lowest BCUT2D eigenvalue weighted by molar-refractivity contribution is -0.136. The molecule has 2 fully saturated rings. The van der Waals surface area contributed by atoms with E-state index in [4.69, 9.17) is 4.74 Å². The number of imide groups is 1. The molecule has 184 valence electrons. The van der Waals surface area contributed by atoms with Gasteiger partial charge >= 0.3 is 0 Å². The molecule has 9 heteroatoms. The summed E-state index contributed by atoms with van der Waals surface area (Å²) in [6.07, 6.45) is 1.38. The Kier molecular flexibility index (Phi) is 5.56. The summed E-state index contributed by atoms with van der Waals surface area (Å²) in [6, 6.07) is 14.5. The van der Waals surface area contributed by atoms with E-state index in [9.17, 15) is 19.2 Å². The number of nitrogens with one attached hydrogen (secondary N) is 2. The van der Waals surface area contributed by atoms with Gasteiger partial charge in [-0.25, -0.2) is 0 Å². The molecule has 4 heterocycles. The average Bonchev–Trinajstić information content (AvgIpc) is 3.43. The molecule has 1 aromatic heterocycles. The van der Waals surface area contributed by atoms with Crippen molar-refractivity contribution in [2.24, 2.45) is 0 Å². The monoisotopic (exact) mass is 486 g/mol. The Bertz CT molecular complexity index is 1450. The van der Waals surface area contributed by atoms with Crippen molar-refractivity contribution < 1.29 is 19.1 Å². The second-order valence-electron chi connectivity index (χ2n) is 9.69. The van der Waals surface area contributed by atoms with Crippen LogP contribution in [0.1, 0.15) is 40.7 Å². The number of ether oxygens (including phenoxy) is 1. The molecule has 0 saturated carbocycles. The number of likely N-dealkylation sites (tertiary alicyclic amines) is 1. The van der Waals surface area contributed by atoms with Gasteiger partial charge in [0.2, 0.25) is 11.8 Å². The highest BCUT2D eigenvalue weighted by atomic mass is 16.5. The van der Waals surface area contributed by atoms with Gasteiger partial charge in [0.15, 0.2) is 0 Å². The van der Waals surface area contributed by atoms with Crippen molar-refractivity contribution in [2.45, 2.75) is 44.5 Å². The Morgan fingerprint density at radius 3 is 2.72 bits per heavy atom. The number of rotatable bonds is 5. The van der Waals surface area contributed by atoms with E-state index in [1.165, 1.54) is 4.90 Å². The number of para-hydroxylation sites is 1. The fraction of sp³-hybridized carbons (Fsp3) is 0.333. The topological polar surface area (TPSA) is 112 Å². The number of aromatic nitrogens is 1. The number of carbonyl (C=O) groups is 3. The number of aromatic amines is 1. The molecular weight excluding hydrogens is 460 g/mol. The van der Waals surface area contributed by atoms with Crippen molar-refractivity contribution in [3.8, 4) is 5.75 Å². The van der Waals surface area contributed by atoms with E-state index in [1.54, 1.807) is 12.1 Å². The molecule has 0 spiro atoms. The maximum Gasteiger partial charge on any atom is 0.255 e. The number of carbonyl (C=O) groups excluding carboxylic acids is 3. The zero-order valence-electron chi connectivity index (χ0n) is 19.7. The van der Waals surface area contributed by atoms with Crippen LogP contribution in [-0.2, 0) is 22.7 Å². The van der Waals surface area contributed by atoms with Crippen LogP contribution in [0.4, 0.5) is 0 Å². The molecule has 2 aromatic carbocycles. The number of piperidine rings is 1. The summed E-state index contributed by atoms with van der Waals surface area (Å²) >= 11 is 0. The van der Waals surface area contributed by atoms with E-state index < -0.39 is 11.9 Å². The van der Waals surface area contributed by atoms with Gasteiger partial charge in [-0.15, -0.1) is 0 Å². The summed E-state index contributed by atoms with van der Waals surface area (Å²) in [5.74, 6) is -0.229. The highest BCUT2D eigenvalue weighted by Crippen LogP contribution is 2.31. The number of hydrogen-bond acceptors (Lipinski definition) is 6. The Morgan fingerprint density at radius 2 is 1.86 bits per heavy atom. The Labute approximate surface area is 207 Å². The molecular formula is C27H26N4O5. The molecule has 0 bridgehead atoms. The van der Waals surface area contributed by atoms with Crippen molar-refractivity contribution in [1.29, 1.82) is 0 Å². The minimum absolute atomic E-state index is 0.0223. The second-order valence-corrected chi connectivity index (χ2v) is 9.69. The van der Waals surface area contributed by atoms with Gasteiger partial charge < -0.3 is 14.6 Å². The molecule has 0 aliphatic carbocycles. The van der Waals surface area contributed by atoms with Crippen LogP contribution in [0.15, 0.2) is 53.3 Å². The highest BCUT2D eigenvalue weighted by Gasteiger charge is 2.39. The standard InChI is InChI=1S/C27H26N4O5/c32-24-8-7-23(26(34)29-24)31-14-17-12-19(5-6-21(17)27(31)35)36-20-9-10-30(15-20)13-18-11-16-3-1-2-4-22(16)28-25(18)33/h1-6,11-12,20,23H,7-10,13-15H2,(H,28,33)(H,29,32,34)/t20-,23?/m0/s1. The van der Waals surface area contributed by atoms with Crippen molar-refractivity contribution >= 4 is 28.6 Å². The van der Waals surface area contributed by atoms with E-state index in [2.05, 4.69) is 15.2 Å². The summed E-state index contributed by atoms with van der Waals surface area (Å²) in [5, 5.41) is 3.34. The van der Waals surface area contributed by atoms with Crippen molar-refractivity contribution in [2.75, 3.05) is 13.1 Å². The minimum Gasteiger partial charge on any atom is -0.489 e. The van der Waals surface area contributed by atoms with Crippen LogP contribution in [0, 0.1) is 0 Å². The number of fused-ring (bicyclic) bond motifs is 2. The van der Waals surface area contributed by atoms with Crippen LogP contribution in [-0.4, -0.2) is 57.7 Å². The quantitative estimate of drug-likeness (QED) is 0.533. The number of H-pyrrole nitrogens is 1. The molecule has 9 nitrogen and oxygen atoms in total. The Hall–Kier alpha value is -3.98. The van der Waals surface area contributed by atoms with Gasteiger partial charge in [-0.2, -0.15) is 0 Å². The molecule has 0 radical (unpaired) electrons. The zero-order valence-corrected chi connectivity index (χ0v) is 19.7. The lowest BCUT2D eigenvalue weighted by atomic mass is 10.0. The lowest BCUT2D eigenvalue weighted by Gasteiger charge is -2.29. The number of pyridine rings is 1. The summed E-state index contributed by atoms with van der Waals surface area (Å²) in [6.45, 7) is 2.40. The normalized spacial score (nSPS) is 22.2. The molecule has 2 atom stereocenters. The Morgan fingerprint density at radius 1 is 1.00 bits per heavy atom. The second kappa shape index (κ2) is 8.91. The van der Waals surface area contributed by atoms with Gasteiger partial charge in [-0.3, -0.25) is 29.4 Å². The molecule has 6 rings (SSSR count). The fourth-order valence-electron chi connectivity index (χ4n) is 5.40. The third kappa shape index (κ3) is 4.15. The molecule has 3 aromatic rings. The lowest BCUT2D eigenvalue weighted by Crippen LogP contribution is -2.52. The molecule has 2 N–H and O–H groups in total. The number of nitrogens with zero attached hydrogens (tertiary/aromatic N) is 2. The van der Waals surface area contributed by atoms with Gasteiger partial charge in [-0.05, 0) is 54.1 Å².